The van der Waals surface area contributed by atoms with Crippen molar-refractivity contribution in [2.45, 2.75) is 13.0 Å². The maximum absolute atomic E-state index is 13.0. The predicted molar refractivity (Wildman–Crippen MR) is 98.2 cm³/mol. The van der Waals surface area contributed by atoms with Gasteiger partial charge in [0.1, 0.15) is 18.4 Å². The number of benzene rings is 1. The topological polar surface area (TPSA) is 117 Å². The predicted octanol–water partition coefficient (Wildman–Crippen LogP) is 1.45. The number of carbonyl (C=O) groups excluding carboxylic acids is 2. The monoisotopic (exact) mass is 400 g/mol. The van der Waals surface area contributed by atoms with Crippen molar-refractivity contribution in [1.82, 2.24) is 30.6 Å². The van der Waals surface area contributed by atoms with E-state index in [0.29, 0.717) is 17.3 Å². The van der Waals surface area contributed by atoms with Gasteiger partial charge in [-0.2, -0.15) is 5.10 Å². The molecule has 1 aliphatic heterocycles. The Labute approximate surface area is 165 Å². The van der Waals surface area contributed by atoms with Gasteiger partial charge in [-0.1, -0.05) is 28.9 Å². The van der Waals surface area contributed by atoms with E-state index in [1.807, 2.05) is 12.1 Å². The lowest BCUT2D eigenvalue weighted by atomic mass is 9.73. The van der Waals surface area contributed by atoms with Crippen molar-refractivity contribution in [3.8, 4) is 0 Å². The van der Waals surface area contributed by atoms with E-state index >= 15 is 0 Å². The summed E-state index contributed by atoms with van der Waals surface area (Å²) in [4.78, 5) is 31.1. The molecule has 0 atom stereocenters. The SMILES string of the molecule is O=C(c1ccon1)N1CC(Cc2ccc(Cl)cc2)(C(=O)NCc2ncn[nH]2)C1. The molecule has 0 aliphatic carbocycles. The summed E-state index contributed by atoms with van der Waals surface area (Å²) in [7, 11) is 0. The van der Waals surface area contributed by atoms with Crippen LogP contribution in [0.3, 0.4) is 0 Å². The summed E-state index contributed by atoms with van der Waals surface area (Å²) in [6.07, 6.45) is 3.21. The largest absolute Gasteiger partial charge is 0.364 e. The van der Waals surface area contributed by atoms with Gasteiger partial charge in [-0.25, -0.2) is 4.98 Å². The molecule has 2 N–H and O–H groups in total. The van der Waals surface area contributed by atoms with Gasteiger partial charge in [0.25, 0.3) is 5.91 Å². The molecule has 28 heavy (non-hydrogen) atoms. The molecule has 10 heteroatoms. The number of likely N-dealkylation sites (tertiary alicyclic amines) is 1. The van der Waals surface area contributed by atoms with E-state index in [-0.39, 0.29) is 37.1 Å². The van der Waals surface area contributed by atoms with Gasteiger partial charge in [0, 0.05) is 24.2 Å². The molecular weight excluding hydrogens is 384 g/mol. The Kier molecular flexibility index (Phi) is 4.82. The molecule has 144 valence electrons. The van der Waals surface area contributed by atoms with Crippen LogP contribution in [0.25, 0.3) is 0 Å². The molecule has 3 aromatic rings. The maximum atomic E-state index is 13.0. The van der Waals surface area contributed by atoms with Gasteiger partial charge in [0.15, 0.2) is 5.69 Å². The number of hydrogen-bond acceptors (Lipinski definition) is 6. The lowest BCUT2D eigenvalue weighted by Gasteiger charge is -2.48. The van der Waals surface area contributed by atoms with E-state index in [1.54, 1.807) is 17.0 Å². The zero-order valence-electron chi connectivity index (χ0n) is 14.8. The molecule has 0 bridgehead atoms. The molecule has 4 rings (SSSR count). The second kappa shape index (κ2) is 7.43. The van der Waals surface area contributed by atoms with Crippen LogP contribution in [-0.4, -0.2) is 50.1 Å². The van der Waals surface area contributed by atoms with Gasteiger partial charge in [-0.05, 0) is 24.1 Å². The van der Waals surface area contributed by atoms with E-state index in [4.69, 9.17) is 16.1 Å². The second-order valence-corrected chi connectivity index (χ2v) is 7.18. The lowest BCUT2D eigenvalue weighted by molar-refractivity contribution is -0.139. The summed E-state index contributed by atoms with van der Waals surface area (Å²) in [6, 6.07) is 8.85. The molecule has 2 aromatic heterocycles. The molecule has 2 amide bonds. The molecule has 0 saturated carbocycles. The standard InChI is InChI=1S/C18H17ClN6O3/c19-13-3-1-12(2-4-13)7-18(17(27)20-8-15-21-11-22-23-15)9-25(10-18)16(26)14-5-6-28-24-14/h1-6,11H,7-10H2,(H,20,27)(H,21,22,23). The zero-order valence-corrected chi connectivity index (χ0v) is 15.5. The summed E-state index contributed by atoms with van der Waals surface area (Å²) in [6.45, 7) is 0.797. The van der Waals surface area contributed by atoms with Crippen molar-refractivity contribution >= 4 is 23.4 Å². The number of aromatic nitrogens is 4. The van der Waals surface area contributed by atoms with Crippen molar-refractivity contribution in [3.05, 3.63) is 65.0 Å². The summed E-state index contributed by atoms with van der Waals surface area (Å²) < 4.78 is 4.73. The molecule has 3 heterocycles. The molecular formula is C18H17ClN6O3. The highest BCUT2D eigenvalue weighted by molar-refractivity contribution is 6.30. The van der Waals surface area contributed by atoms with Gasteiger partial charge in [0.2, 0.25) is 5.91 Å². The zero-order chi connectivity index (χ0) is 19.6. The smallest absolute Gasteiger partial charge is 0.276 e. The first-order valence-corrected chi connectivity index (χ1v) is 9.00. The minimum absolute atomic E-state index is 0.150. The molecule has 1 aromatic carbocycles. The Balaban J connectivity index is 1.49. The minimum atomic E-state index is -0.743. The summed E-state index contributed by atoms with van der Waals surface area (Å²) in [5, 5.41) is 13.7. The molecule has 0 spiro atoms. The van der Waals surface area contributed by atoms with Gasteiger partial charge >= 0.3 is 0 Å². The fourth-order valence-electron chi connectivity index (χ4n) is 3.31. The van der Waals surface area contributed by atoms with Crippen LogP contribution < -0.4 is 5.32 Å². The van der Waals surface area contributed by atoms with E-state index in [0.717, 1.165) is 5.56 Å². The average molecular weight is 401 g/mol. The second-order valence-electron chi connectivity index (χ2n) is 6.74. The number of carbonyl (C=O) groups is 2. The normalized spacial score (nSPS) is 15.1. The van der Waals surface area contributed by atoms with Gasteiger partial charge < -0.3 is 14.7 Å². The molecule has 0 unspecified atom stereocenters. The number of H-pyrrole nitrogens is 1. The Morgan fingerprint density at radius 3 is 2.68 bits per heavy atom. The first kappa shape index (κ1) is 18.2. The van der Waals surface area contributed by atoms with Crippen LogP contribution >= 0.6 is 11.6 Å². The highest BCUT2D eigenvalue weighted by atomic mass is 35.5. The maximum Gasteiger partial charge on any atom is 0.276 e. The van der Waals surface area contributed by atoms with Crippen LogP contribution in [0.15, 0.2) is 47.4 Å². The third-order valence-electron chi connectivity index (χ3n) is 4.75. The van der Waals surface area contributed by atoms with Gasteiger partial charge in [-0.3, -0.25) is 14.7 Å². The van der Waals surface area contributed by atoms with Crippen LogP contribution in [0.4, 0.5) is 0 Å². The highest BCUT2D eigenvalue weighted by Gasteiger charge is 2.51. The van der Waals surface area contributed by atoms with Crippen LogP contribution in [0, 0.1) is 5.41 Å². The number of aromatic amines is 1. The minimum Gasteiger partial charge on any atom is -0.364 e. The number of rotatable bonds is 6. The first-order chi connectivity index (χ1) is 13.6. The highest BCUT2D eigenvalue weighted by Crippen LogP contribution is 2.36. The molecule has 9 nitrogen and oxygen atoms in total. The van der Waals surface area contributed by atoms with E-state index in [2.05, 4.69) is 25.7 Å². The van der Waals surface area contributed by atoms with Gasteiger partial charge in [-0.15, -0.1) is 0 Å². The molecule has 1 aliphatic rings. The third kappa shape index (κ3) is 3.61. The fourth-order valence-corrected chi connectivity index (χ4v) is 3.43. The molecule has 0 radical (unpaired) electrons. The van der Waals surface area contributed by atoms with Gasteiger partial charge in [0.05, 0.1) is 12.0 Å². The van der Waals surface area contributed by atoms with Crippen LogP contribution in [0.2, 0.25) is 5.02 Å². The van der Waals surface area contributed by atoms with Crippen molar-refractivity contribution in [3.63, 3.8) is 0 Å². The number of halogens is 1. The fraction of sp³-hybridized carbons (Fsp3) is 0.278. The van der Waals surface area contributed by atoms with Crippen molar-refractivity contribution in [2.75, 3.05) is 13.1 Å². The van der Waals surface area contributed by atoms with E-state index in [1.165, 1.54) is 18.7 Å². The van der Waals surface area contributed by atoms with Crippen LogP contribution in [0.5, 0.6) is 0 Å². The van der Waals surface area contributed by atoms with E-state index < -0.39 is 5.41 Å². The Morgan fingerprint density at radius 2 is 2.04 bits per heavy atom. The van der Waals surface area contributed by atoms with Crippen molar-refractivity contribution < 1.29 is 14.1 Å². The van der Waals surface area contributed by atoms with E-state index in [9.17, 15) is 9.59 Å². The number of nitrogens with zero attached hydrogens (tertiary/aromatic N) is 4. The quantitative estimate of drug-likeness (QED) is 0.646. The van der Waals surface area contributed by atoms with Crippen LogP contribution in [0.1, 0.15) is 21.9 Å². The number of amides is 2. The Bertz CT molecular complexity index is 950. The summed E-state index contributed by atoms with van der Waals surface area (Å²) in [5.74, 6) is 0.149. The molecule has 1 fully saturated rings. The number of nitrogens with one attached hydrogen (secondary N) is 2. The third-order valence-corrected chi connectivity index (χ3v) is 5.00. The first-order valence-electron chi connectivity index (χ1n) is 8.62. The lowest BCUT2D eigenvalue weighted by Crippen LogP contribution is -2.65. The molecule has 1 saturated heterocycles. The number of hydrogen-bond donors (Lipinski definition) is 2. The summed E-state index contributed by atoms with van der Waals surface area (Å²) in [5.41, 5.74) is 0.447. The average Bonchev–Trinajstić information content (AvgIpc) is 3.37. The van der Waals surface area contributed by atoms with Crippen LogP contribution in [-0.2, 0) is 17.8 Å². The Morgan fingerprint density at radius 1 is 1.25 bits per heavy atom. The van der Waals surface area contributed by atoms with Crippen molar-refractivity contribution in [1.29, 1.82) is 0 Å². The summed E-state index contributed by atoms with van der Waals surface area (Å²) >= 11 is 5.96. The van der Waals surface area contributed by atoms with Crippen molar-refractivity contribution in [2.24, 2.45) is 5.41 Å². The Hall–Kier alpha value is -3.20.